The Kier molecular flexibility index (Phi) is 4.54. The van der Waals surface area contributed by atoms with Crippen molar-refractivity contribution >= 4 is 11.6 Å². The first-order chi connectivity index (χ1) is 10.3. The molecule has 0 radical (unpaired) electrons. The molecule has 0 fully saturated rings. The fourth-order valence-corrected chi connectivity index (χ4v) is 2.67. The molecule has 1 aromatic carbocycles. The molecule has 0 unspecified atom stereocenters. The molecule has 0 saturated carbocycles. The number of carbonyl (C=O) groups is 1. The van der Waals surface area contributed by atoms with Crippen LogP contribution >= 0.6 is 0 Å². The molecule has 22 heavy (non-hydrogen) atoms. The minimum Gasteiger partial charge on any atom is -0.378 e. The van der Waals surface area contributed by atoms with Crippen LogP contribution < -0.4 is 4.90 Å². The largest absolute Gasteiger partial charge is 0.378 e. The fourth-order valence-electron chi connectivity index (χ4n) is 2.67. The Morgan fingerprint density at radius 3 is 2.45 bits per heavy atom. The maximum atomic E-state index is 12.8. The van der Waals surface area contributed by atoms with E-state index in [9.17, 15) is 4.79 Å². The van der Waals surface area contributed by atoms with Crippen molar-refractivity contribution < 1.29 is 4.79 Å². The molecule has 0 saturated heterocycles. The lowest BCUT2D eigenvalue weighted by Gasteiger charge is -2.26. The number of H-pyrrole nitrogens is 1. The number of carbonyl (C=O) groups excluding carboxylic acids is 1. The van der Waals surface area contributed by atoms with Crippen LogP contribution in [0.25, 0.3) is 0 Å². The monoisotopic (exact) mass is 300 g/mol. The van der Waals surface area contributed by atoms with Crippen molar-refractivity contribution in [1.82, 2.24) is 15.1 Å². The first-order valence-electron chi connectivity index (χ1n) is 7.39. The summed E-state index contributed by atoms with van der Waals surface area (Å²) in [4.78, 5) is 16.5. The molecule has 0 aliphatic heterocycles. The molecule has 0 spiro atoms. The van der Waals surface area contributed by atoms with Crippen LogP contribution in [0.5, 0.6) is 0 Å². The molecule has 0 aliphatic rings. The number of hydrogen-bond acceptors (Lipinski definition) is 3. The highest BCUT2D eigenvalue weighted by Gasteiger charge is 2.23. The minimum atomic E-state index is -0.0331. The fraction of sp³-hybridized carbons (Fsp3) is 0.412. The third-order valence-electron chi connectivity index (χ3n) is 4.11. The van der Waals surface area contributed by atoms with E-state index in [-0.39, 0.29) is 11.9 Å². The number of rotatable bonds is 4. The second-order valence-electron chi connectivity index (χ2n) is 5.88. The minimum absolute atomic E-state index is 0.0104. The predicted molar refractivity (Wildman–Crippen MR) is 89.3 cm³/mol. The van der Waals surface area contributed by atoms with Crippen LogP contribution in [0, 0.1) is 13.8 Å². The summed E-state index contributed by atoms with van der Waals surface area (Å²) in [5.41, 5.74) is 4.74. The van der Waals surface area contributed by atoms with E-state index in [2.05, 4.69) is 10.2 Å². The Labute approximate surface area is 131 Å². The van der Waals surface area contributed by atoms with E-state index >= 15 is 0 Å². The molecule has 1 amide bonds. The third kappa shape index (κ3) is 2.98. The van der Waals surface area contributed by atoms with E-state index in [1.165, 1.54) is 0 Å². The highest BCUT2D eigenvalue weighted by Crippen LogP contribution is 2.26. The molecule has 2 aromatic rings. The van der Waals surface area contributed by atoms with Gasteiger partial charge in [-0.15, -0.1) is 0 Å². The van der Waals surface area contributed by atoms with Crippen LogP contribution in [0.1, 0.15) is 40.3 Å². The van der Waals surface area contributed by atoms with Crippen LogP contribution in [-0.2, 0) is 0 Å². The van der Waals surface area contributed by atoms with E-state index in [0.717, 1.165) is 22.6 Å². The van der Waals surface area contributed by atoms with Crippen molar-refractivity contribution in [2.75, 3.05) is 26.0 Å². The lowest BCUT2D eigenvalue weighted by molar-refractivity contribution is 0.0742. The van der Waals surface area contributed by atoms with E-state index in [1.54, 1.807) is 4.90 Å². The van der Waals surface area contributed by atoms with Gasteiger partial charge >= 0.3 is 0 Å². The van der Waals surface area contributed by atoms with Gasteiger partial charge in [-0.2, -0.15) is 5.10 Å². The van der Waals surface area contributed by atoms with Gasteiger partial charge in [0.05, 0.1) is 11.7 Å². The Balaban J connectivity index is 2.27. The smallest absolute Gasteiger partial charge is 0.254 e. The van der Waals surface area contributed by atoms with Crippen LogP contribution in [0.2, 0.25) is 0 Å². The lowest BCUT2D eigenvalue weighted by atomic mass is 10.0. The van der Waals surface area contributed by atoms with Crippen LogP contribution in [0.4, 0.5) is 5.69 Å². The van der Waals surface area contributed by atoms with Crippen molar-refractivity contribution in [2.45, 2.75) is 26.8 Å². The summed E-state index contributed by atoms with van der Waals surface area (Å²) in [5, 5.41) is 7.20. The van der Waals surface area contributed by atoms with Gasteiger partial charge in [-0.05, 0) is 39.0 Å². The van der Waals surface area contributed by atoms with E-state index in [1.807, 2.05) is 71.1 Å². The van der Waals surface area contributed by atoms with Gasteiger partial charge in [-0.25, -0.2) is 0 Å². The van der Waals surface area contributed by atoms with Crippen molar-refractivity contribution in [1.29, 1.82) is 0 Å². The molecule has 5 nitrogen and oxygen atoms in total. The third-order valence-corrected chi connectivity index (χ3v) is 4.11. The maximum absolute atomic E-state index is 12.8. The van der Waals surface area contributed by atoms with E-state index in [4.69, 9.17) is 0 Å². The Morgan fingerprint density at radius 2 is 1.91 bits per heavy atom. The molecule has 118 valence electrons. The average Bonchev–Trinajstić information content (AvgIpc) is 2.84. The molecular weight excluding hydrogens is 276 g/mol. The van der Waals surface area contributed by atoms with Gasteiger partial charge < -0.3 is 9.80 Å². The summed E-state index contributed by atoms with van der Waals surface area (Å²) in [6.07, 6.45) is 0. The van der Waals surface area contributed by atoms with Crippen LogP contribution in [0.15, 0.2) is 24.3 Å². The summed E-state index contributed by atoms with van der Waals surface area (Å²) in [5.74, 6) is 0.0104. The summed E-state index contributed by atoms with van der Waals surface area (Å²) in [6.45, 7) is 5.97. The number of anilines is 1. The molecule has 1 aromatic heterocycles. The standard InChI is InChI=1S/C17H24N4O/c1-11-16(12(2)19-18-11)13(3)21(6)17(22)14-8-7-9-15(10-14)20(4)5/h7-10,13H,1-6H3,(H,18,19)/t13-/m1/s1. The number of benzene rings is 1. The Bertz CT molecular complexity index is 656. The average molecular weight is 300 g/mol. The molecule has 1 heterocycles. The predicted octanol–water partition coefficient (Wildman–Crippen LogP) is 2.93. The van der Waals surface area contributed by atoms with Crippen molar-refractivity contribution in [3.05, 3.63) is 46.8 Å². The second kappa shape index (κ2) is 6.22. The topological polar surface area (TPSA) is 52.2 Å². The molecule has 2 rings (SSSR count). The highest BCUT2D eigenvalue weighted by molar-refractivity contribution is 5.95. The van der Waals surface area contributed by atoms with Gasteiger partial charge in [0.2, 0.25) is 0 Å². The van der Waals surface area contributed by atoms with Gasteiger partial charge in [0.1, 0.15) is 0 Å². The molecule has 1 atom stereocenters. The van der Waals surface area contributed by atoms with Gasteiger partial charge in [0.15, 0.2) is 0 Å². The van der Waals surface area contributed by atoms with Crippen LogP contribution in [0.3, 0.4) is 0 Å². The van der Waals surface area contributed by atoms with Gasteiger partial charge in [0.25, 0.3) is 5.91 Å². The molecule has 5 heteroatoms. The van der Waals surface area contributed by atoms with Crippen LogP contribution in [-0.4, -0.2) is 42.1 Å². The number of aromatic nitrogens is 2. The second-order valence-corrected chi connectivity index (χ2v) is 5.88. The van der Waals surface area contributed by atoms with Crippen molar-refractivity contribution in [3.8, 4) is 0 Å². The molecule has 1 N–H and O–H groups in total. The van der Waals surface area contributed by atoms with E-state index < -0.39 is 0 Å². The van der Waals surface area contributed by atoms with E-state index in [0.29, 0.717) is 5.56 Å². The molecule has 0 bridgehead atoms. The first kappa shape index (κ1) is 16.1. The van der Waals surface area contributed by atoms with Gasteiger partial charge in [-0.3, -0.25) is 9.89 Å². The van der Waals surface area contributed by atoms with Crippen molar-refractivity contribution in [2.24, 2.45) is 0 Å². The number of nitrogens with one attached hydrogen (secondary N) is 1. The summed E-state index contributed by atoms with van der Waals surface area (Å²) in [6, 6.07) is 7.64. The SMILES string of the molecule is Cc1n[nH]c(C)c1[C@@H](C)N(C)C(=O)c1cccc(N(C)C)c1. The summed E-state index contributed by atoms with van der Waals surface area (Å²) < 4.78 is 0. The van der Waals surface area contributed by atoms with Gasteiger partial charge in [0, 0.05) is 43.7 Å². The quantitative estimate of drug-likeness (QED) is 0.944. The first-order valence-corrected chi connectivity index (χ1v) is 7.39. The lowest BCUT2D eigenvalue weighted by Crippen LogP contribution is -2.30. The van der Waals surface area contributed by atoms with Gasteiger partial charge in [-0.1, -0.05) is 6.07 Å². The zero-order valence-electron chi connectivity index (χ0n) is 14.1. The highest BCUT2D eigenvalue weighted by atomic mass is 16.2. The van der Waals surface area contributed by atoms with Crippen molar-refractivity contribution in [3.63, 3.8) is 0 Å². The zero-order chi connectivity index (χ0) is 16.4. The summed E-state index contributed by atoms with van der Waals surface area (Å²) in [7, 11) is 5.77. The number of hydrogen-bond donors (Lipinski definition) is 1. The Morgan fingerprint density at radius 1 is 1.23 bits per heavy atom. The molecule has 0 aliphatic carbocycles. The number of nitrogens with zero attached hydrogens (tertiary/aromatic N) is 3. The normalized spacial score (nSPS) is 12.1. The zero-order valence-corrected chi connectivity index (χ0v) is 14.1. The number of amides is 1. The molecular formula is C17H24N4O. The maximum Gasteiger partial charge on any atom is 0.254 e. The number of aromatic amines is 1. The summed E-state index contributed by atoms with van der Waals surface area (Å²) >= 11 is 0. The number of aryl methyl sites for hydroxylation is 2. The Hall–Kier alpha value is -2.30.